The lowest BCUT2D eigenvalue weighted by atomic mass is 10.2. The smallest absolute Gasteiger partial charge is 0.181 e. The summed E-state index contributed by atoms with van der Waals surface area (Å²) in [5.74, 6) is 1.23. The lowest BCUT2D eigenvalue weighted by molar-refractivity contribution is 1.17. The molecular weight excluding hydrogens is 315 g/mol. The summed E-state index contributed by atoms with van der Waals surface area (Å²) in [4.78, 5) is 13.4. The SMILES string of the molecule is CNc1nc(-c2csc(C)n2)nc2c(Cl)cc(Cl)cc12. The van der Waals surface area contributed by atoms with Crippen LogP contribution in [0.2, 0.25) is 10.0 Å². The van der Waals surface area contributed by atoms with Gasteiger partial charge in [-0.15, -0.1) is 11.3 Å². The zero-order chi connectivity index (χ0) is 14.3. The molecule has 1 N–H and O–H groups in total. The van der Waals surface area contributed by atoms with Crippen LogP contribution in [-0.4, -0.2) is 22.0 Å². The Morgan fingerprint density at radius 1 is 1.15 bits per heavy atom. The van der Waals surface area contributed by atoms with Crippen molar-refractivity contribution in [1.29, 1.82) is 0 Å². The summed E-state index contributed by atoms with van der Waals surface area (Å²) in [6, 6.07) is 3.47. The van der Waals surface area contributed by atoms with E-state index in [-0.39, 0.29) is 0 Å². The lowest BCUT2D eigenvalue weighted by Gasteiger charge is -2.08. The molecule has 0 unspecified atom stereocenters. The van der Waals surface area contributed by atoms with E-state index in [4.69, 9.17) is 23.2 Å². The third kappa shape index (κ3) is 2.32. The number of aromatic nitrogens is 3. The van der Waals surface area contributed by atoms with Crippen molar-refractivity contribution in [3.63, 3.8) is 0 Å². The number of rotatable bonds is 2. The molecular formula is C13H10Cl2N4S. The Balaban J connectivity index is 2.31. The maximum atomic E-state index is 6.24. The number of hydrogen-bond donors (Lipinski definition) is 1. The summed E-state index contributed by atoms with van der Waals surface area (Å²) >= 11 is 13.8. The van der Waals surface area contributed by atoms with Crippen molar-refractivity contribution in [2.24, 2.45) is 0 Å². The van der Waals surface area contributed by atoms with E-state index in [0.29, 0.717) is 27.2 Å². The van der Waals surface area contributed by atoms with Gasteiger partial charge in [0.25, 0.3) is 0 Å². The van der Waals surface area contributed by atoms with Crippen molar-refractivity contribution in [3.05, 3.63) is 32.6 Å². The van der Waals surface area contributed by atoms with Crippen LogP contribution in [0.4, 0.5) is 5.82 Å². The molecule has 0 radical (unpaired) electrons. The van der Waals surface area contributed by atoms with Crippen LogP contribution in [-0.2, 0) is 0 Å². The van der Waals surface area contributed by atoms with E-state index >= 15 is 0 Å². The predicted octanol–water partition coefficient (Wildman–Crippen LogP) is 4.41. The summed E-state index contributed by atoms with van der Waals surface area (Å²) in [6.07, 6.45) is 0. The molecule has 7 heteroatoms. The van der Waals surface area contributed by atoms with Gasteiger partial charge in [-0.1, -0.05) is 23.2 Å². The number of hydrogen-bond acceptors (Lipinski definition) is 5. The van der Waals surface area contributed by atoms with Crippen molar-refractivity contribution in [2.45, 2.75) is 6.92 Å². The molecule has 4 nitrogen and oxygen atoms in total. The van der Waals surface area contributed by atoms with Crippen LogP contribution in [0.3, 0.4) is 0 Å². The van der Waals surface area contributed by atoms with Gasteiger partial charge < -0.3 is 5.32 Å². The van der Waals surface area contributed by atoms with E-state index in [1.54, 1.807) is 30.5 Å². The number of fused-ring (bicyclic) bond motifs is 1. The Kier molecular flexibility index (Phi) is 3.50. The van der Waals surface area contributed by atoms with Crippen molar-refractivity contribution < 1.29 is 0 Å². The monoisotopic (exact) mass is 324 g/mol. The first-order valence-electron chi connectivity index (χ1n) is 5.85. The largest absolute Gasteiger partial charge is 0.373 e. The van der Waals surface area contributed by atoms with Crippen molar-refractivity contribution in [1.82, 2.24) is 15.0 Å². The van der Waals surface area contributed by atoms with Gasteiger partial charge in [-0.2, -0.15) is 0 Å². The van der Waals surface area contributed by atoms with Crippen LogP contribution in [0.1, 0.15) is 5.01 Å². The lowest BCUT2D eigenvalue weighted by Crippen LogP contribution is -1.99. The second kappa shape index (κ2) is 5.16. The molecule has 102 valence electrons. The summed E-state index contributed by atoms with van der Waals surface area (Å²) in [5.41, 5.74) is 1.41. The molecule has 0 amide bonds. The number of anilines is 1. The highest BCUT2D eigenvalue weighted by Crippen LogP contribution is 2.32. The first kappa shape index (κ1) is 13.5. The quantitative estimate of drug-likeness (QED) is 0.758. The highest BCUT2D eigenvalue weighted by Gasteiger charge is 2.13. The summed E-state index contributed by atoms with van der Waals surface area (Å²) in [5, 5.41) is 7.80. The fourth-order valence-electron chi connectivity index (χ4n) is 1.93. The molecule has 0 fully saturated rings. The van der Waals surface area contributed by atoms with Gasteiger partial charge in [-0.3, -0.25) is 0 Å². The molecule has 0 spiro atoms. The van der Waals surface area contributed by atoms with Crippen molar-refractivity contribution in [2.75, 3.05) is 12.4 Å². The normalized spacial score (nSPS) is 11.0. The molecule has 3 rings (SSSR count). The molecule has 3 aromatic rings. The third-order valence-corrected chi connectivity index (χ3v) is 4.08. The van der Waals surface area contributed by atoms with Gasteiger partial charge in [0.1, 0.15) is 11.5 Å². The summed E-state index contributed by atoms with van der Waals surface area (Å²) in [6.45, 7) is 1.95. The van der Waals surface area contributed by atoms with E-state index in [0.717, 1.165) is 16.1 Å². The molecule has 0 aliphatic heterocycles. The minimum Gasteiger partial charge on any atom is -0.373 e. The van der Waals surface area contributed by atoms with E-state index in [1.807, 2.05) is 12.3 Å². The molecule has 2 aromatic heterocycles. The minimum absolute atomic E-state index is 0.500. The Hall–Kier alpha value is -1.43. The van der Waals surface area contributed by atoms with Crippen LogP contribution in [0.5, 0.6) is 0 Å². The van der Waals surface area contributed by atoms with Gasteiger partial charge in [0, 0.05) is 22.8 Å². The van der Waals surface area contributed by atoms with Gasteiger partial charge >= 0.3 is 0 Å². The number of nitrogens with one attached hydrogen (secondary N) is 1. The number of halogens is 2. The van der Waals surface area contributed by atoms with E-state index in [9.17, 15) is 0 Å². The Morgan fingerprint density at radius 2 is 1.95 bits per heavy atom. The molecule has 0 aliphatic carbocycles. The molecule has 0 saturated heterocycles. The molecule has 1 aromatic carbocycles. The van der Waals surface area contributed by atoms with Gasteiger partial charge in [-0.05, 0) is 19.1 Å². The van der Waals surface area contributed by atoms with Crippen LogP contribution in [0.15, 0.2) is 17.5 Å². The highest BCUT2D eigenvalue weighted by molar-refractivity contribution is 7.09. The van der Waals surface area contributed by atoms with Crippen molar-refractivity contribution in [3.8, 4) is 11.5 Å². The summed E-state index contributed by atoms with van der Waals surface area (Å²) < 4.78 is 0. The Morgan fingerprint density at radius 3 is 2.60 bits per heavy atom. The molecule has 0 aliphatic rings. The Labute approximate surface area is 129 Å². The topological polar surface area (TPSA) is 50.7 Å². The van der Waals surface area contributed by atoms with Crippen LogP contribution >= 0.6 is 34.5 Å². The zero-order valence-electron chi connectivity index (χ0n) is 10.7. The van der Waals surface area contributed by atoms with Crippen LogP contribution in [0, 0.1) is 6.92 Å². The van der Waals surface area contributed by atoms with Crippen LogP contribution in [0.25, 0.3) is 22.4 Å². The van der Waals surface area contributed by atoms with E-state index < -0.39 is 0 Å². The maximum Gasteiger partial charge on any atom is 0.181 e. The van der Waals surface area contributed by atoms with Gasteiger partial charge in [0.2, 0.25) is 0 Å². The average Bonchev–Trinajstić information content (AvgIpc) is 2.84. The molecule has 0 bridgehead atoms. The van der Waals surface area contributed by atoms with Gasteiger partial charge in [0.15, 0.2) is 5.82 Å². The number of benzene rings is 1. The Bertz CT molecular complexity index is 800. The van der Waals surface area contributed by atoms with E-state index in [1.165, 1.54) is 0 Å². The number of nitrogens with zero attached hydrogens (tertiary/aromatic N) is 3. The summed E-state index contributed by atoms with van der Waals surface area (Å²) in [7, 11) is 1.80. The average molecular weight is 325 g/mol. The standard InChI is InChI=1S/C13H10Cl2N4S/c1-6-17-10(5-20-6)13-18-11-8(12(16-2)19-13)3-7(14)4-9(11)15/h3-5H,1-2H3,(H,16,18,19). The first-order valence-corrected chi connectivity index (χ1v) is 7.49. The van der Waals surface area contributed by atoms with Crippen molar-refractivity contribution >= 4 is 51.3 Å². The second-order valence-electron chi connectivity index (χ2n) is 4.18. The molecule has 0 saturated carbocycles. The fourth-order valence-corrected chi connectivity index (χ4v) is 3.06. The van der Waals surface area contributed by atoms with Crippen LogP contribution < -0.4 is 5.32 Å². The van der Waals surface area contributed by atoms with E-state index in [2.05, 4.69) is 20.3 Å². The molecule has 2 heterocycles. The fraction of sp³-hybridized carbons (Fsp3) is 0.154. The van der Waals surface area contributed by atoms with Gasteiger partial charge in [-0.25, -0.2) is 15.0 Å². The zero-order valence-corrected chi connectivity index (χ0v) is 13.1. The number of thiazole rings is 1. The minimum atomic E-state index is 0.500. The second-order valence-corrected chi connectivity index (χ2v) is 6.09. The third-order valence-electron chi connectivity index (χ3n) is 2.80. The highest BCUT2D eigenvalue weighted by atomic mass is 35.5. The number of aryl methyl sites for hydroxylation is 1. The van der Waals surface area contributed by atoms with Gasteiger partial charge in [0.05, 0.1) is 15.5 Å². The maximum absolute atomic E-state index is 6.24. The molecule has 0 atom stereocenters. The molecule has 20 heavy (non-hydrogen) atoms. The first-order chi connectivity index (χ1) is 9.58. The predicted molar refractivity (Wildman–Crippen MR) is 84.9 cm³/mol.